The highest BCUT2D eigenvalue weighted by Gasteiger charge is 2.17. The Morgan fingerprint density at radius 2 is 0.682 bits per heavy atom. The highest BCUT2D eigenvalue weighted by Crippen LogP contribution is 2.16. The Kier molecular flexibility index (Phi) is 54.9. The van der Waals surface area contributed by atoms with E-state index in [1.54, 1.807) is 0 Å². The molecule has 0 aromatic heterocycles. The Bertz CT molecular complexity index is 1130. The molecule has 5 nitrogen and oxygen atoms in total. The lowest BCUT2D eigenvalue weighted by molar-refractivity contribution is -0.163. The topological polar surface area (TPSA) is 61.8 Å². The van der Waals surface area contributed by atoms with E-state index in [2.05, 4.69) is 81.5 Å². The second kappa shape index (κ2) is 56.9. The second-order valence-corrected chi connectivity index (χ2v) is 19.2. The minimum Gasteiger partial charge on any atom is -0.462 e. The van der Waals surface area contributed by atoms with Crippen molar-refractivity contribution < 1.29 is 23.8 Å². The van der Waals surface area contributed by atoms with Gasteiger partial charge < -0.3 is 14.2 Å². The van der Waals surface area contributed by atoms with Crippen LogP contribution >= 0.6 is 0 Å². The van der Waals surface area contributed by atoms with Crippen LogP contribution in [0.15, 0.2) is 60.8 Å². The molecule has 0 bridgehead atoms. The van der Waals surface area contributed by atoms with E-state index < -0.39 is 6.10 Å². The fraction of sp³-hybridized carbons (Fsp3) is 0.803. The number of carbonyl (C=O) groups is 2. The molecule has 0 fully saturated rings. The predicted octanol–water partition coefficient (Wildman–Crippen LogP) is 19.7. The molecule has 0 aliphatic carbocycles. The van der Waals surface area contributed by atoms with Crippen LogP contribution in [0.5, 0.6) is 0 Å². The van der Waals surface area contributed by atoms with Crippen LogP contribution < -0.4 is 0 Å². The van der Waals surface area contributed by atoms with Crippen molar-refractivity contribution in [1.29, 1.82) is 0 Å². The molecular weight excluding hydrogens is 813 g/mol. The molecule has 1 unspecified atom stereocenters. The van der Waals surface area contributed by atoms with Crippen molar-refractivity contribution in [2.75, 3.05) is 19.8 Å². The molecule has 0 amide bonds. The quantitative estimate of drug-likeness (QED) is 0.0346. The van der Waals surface area contributed by atoms with Crippen LogP contribution in [0.1, 0.15) is 290 Å². The van der Waals surface area contributed by atoms with Gasteiger partial charge in [0.15, 0.2) is 6.10 Å². The zero-order chi connectivity index (χ0) is 47.7. The minimum atomic E-state index is -0.543. The molecule has 66 heavy (non-hydrogen) atoms. The largest absolute Gasteiger partial charge is 0.462 e. The normalized spacial score (nSPS) is 12.6. The number of rotatable bonds is 53. The Labute approximate surface area is 411 Å². The first-order valence-electron chi connectivity index (χ1n) is 28.8. The number of esters is 2. The number of hydrogen-bond donors (Lipinski definition) is 0. The van der Waals surface area contributed by atoms with Crippen molar-refractivity contribution in [2.24, 2.45) is 0 Å². The van der Waals surface area contributed by atoms with Crippen LogP contribution in [0.4, 0.5) is 0 Å². The van der Waals surface area contributed by atoms with Gasteiger partial charge in [-0.15, -0.1) is 0 Å². The van der Waals surface area contributed by atoms with E-state index in [-0.39, 0.29) is 25.2 Å². The molecule has 0 aromatic rings. The molecule has 0 saturated carbocycles. The van der Waals surface area contributed by atoms with Crippen molar-refractivity contribution >= 4 is 11.9 Å². The van der Waals surface area contributed by atoms with E-state index in [9.17, 15) is 9.59 Å². The van der Waals surface area contributed by atoms with Gasteiger partial charge in [0.2, 0.25) is 0 Å². The number of hydrogen-bond acceptors (Lipinski definition) is 5. The molecule has 1 atom stereocenters. The Morgan fingerprint density at radius 1 is 0.348 bits per heavy atom. The summed E-state index contributed by atoms with van der Waals surface area (Å²) >= 11 is 0. The lowest BCUT2D eigenvalue weighted by Crippen LogP contribution is -2.30. The van der Waals surface area contributed by atoms with Gasteiger partial charge >= 0.3 is 11.9 Å². The summed E-state index contributed by atoms with van der Waals surface area (Å²) < 4.78 is 17.5. The molecule has 0 radical (unpaired) electrons. The van der Waals surface area contributed by atoms with Crippen molar-refractivity contribution in [3.8, 4) is 0 Å². The molecule has 0 aliphatic heterocycles. The van der Waals surface area contributed by atoms with Gasteiger partial charge in [0.25, 0.3) is 0 Å². The van der Waals surface area contributed by atoms with Gasteiger partial charge in [0.05, 0.1) is 6.61 Å². The zero-order valence-electron chi connectivity index (χ0n) is 44.2. The maximum atomic E-state index is 12.8. The molecule has 0 spiro atoms. The van der Waals surface area contributed by atoms with Gasteiger partial charge in [-0.2, -0.15) is 0 Å². The Hall–Kier alpha value is -2.40. The van der Waals surface area contributed by atoms with Gasteiger partial charge in [-0.25, -0.2) is 0 Å². The summed E-state index contributed by atoms with van der Waals surface area (Å²) in [7, 11) is 0. The molecule has 0 aliphatic rings. The Morgan fingerprint density at radius 3 is 1.11 bits per heavy atom. The molecule has 0 N–H and O–H groups in total. The smallest absolute Gasteiger partial charge is 0.306 e. The number of unbranched alkanes of at least 4 members (excludes halogenated alkanes) is 32. The Balaban J connectivity index is 4.26. The highest BCUT2D eigenvalue weighted by atomic mass is 16.6. The van der Waals surface area contributed by atoms with Crippen LogP contribution in [-0.2, 0) is 23.8 Å². The highest BCUT2D eigenvalue weighted by molar-refractivity contribution is 5.70. The van der Waals surface area contributed by atoms with Crippen molar-refractivity contribution in [1.82, 2.24) is 0 Å². The van der Waals surface area contributed by atoms with E-state index in [4.69, 9.17) is 14.2 Å². The first-order valence-corrected chi connectivity index (χ1v) is 28.8. The summed E-state index contributed by atoms with van der Waals surface area (Å²) in [6.45, 7) is 7.73. The van der Waals surface area contributed by atoms with Gasteiger partial charge in [0.1, 0.15) is 6.61 Å². The number of carbonyl (C=O) groups excluding carboxylic acids is 2. The fourth-order valence-electron chi connectivity index (χ4n) is 8.26. The van der Waals surface area contributed by atoms with Gasteiger partial charge in [-0.05, 0) is 83.5 Å². The average Bonchev–Trinajstić information content (AvgIpc) is 3.32. The van der Waals surface area contributed by atoms with E-state index >= 15 is 0 Å². The van der Waals surface area contributed by atoms with Crippen LogP contribution in [0.2, 0.25) is 0 Å². The second-order valence-electron chi connectivity index (χ2n) is 19.2. The fourth-order valence-corrected chi connectivity index (χ4v) is 8.26. The van der Waals surface area contributed by atoms with E-state index in [0.717, 1.165) is 77.0 Å². The minimum absolute atomic E-state index is 0.0788. The number of ether oxygens (including phenoxy) is 3. The summed E-state index contributed by atoms with van der Waals surface area (Å²) in [4.78, 5) is 25.5. The summed E-state index contributed by atoms with van der Waals surface area (Å²) in [6.07, 6.45) is 72.4. The zero-order valence-corrected chi connectivity index (χ0v) is 44.2. The summed E-state index contributed by atoms with van der Waals surface area (Å²) in [5.41, 5.74) is 0. The van der Waals surface area contributed by atoms with Gasteiger partial charge in [-0.3, -0.25) is 9.59 Å². The van der Waals surface area contributed by atoms with Crippen LogP contribution in [-0.4, -0.2) is 37.9 Å². The first-order chi connectivity index (χ1) is 32.6. The SMILES string of the molecule is CC/C=C\C/C=C\C/C=C\C/C=C\CCCCCCCCC(=O)OCC(COCCCCCCCCCC/C=C\CCCCCCCC)OC(=O)CCCCCCCCCCCCCCC. The van der Waals surface area contributed by atoms with Crippen molar-refractivity contribution in [3.63, 3.8) is 0 Å². The first kappa shape index (κ1) is 63.6. The predicted molar refractivity (Wildman–Crippen MR) is 288 cm³/mol. The molecule has 384 valence electrons. The lowest BCUT2D eigenvalue weighted by Gasteiger charge is -2.18. The van der Waals surface area contributed by atoms with Crippen LogP contribution in [0, 0.1) is 0 Å². The van der Waals surface area contributed by atoms with E-state index in [1.807, 2.05) is 0 Å². The van der Waals surface area contributed by atoms with E-state index in [1.165, 1.54) is 180 Å². The third-order valence-corrected chi connectivity index (χ3v) is 12.5. The molecule has 5 heteroatoms. The maximum absolute atomic E-state index is 12.8. The summed E-state index contributed by atoms with van der Waals surface area (Å²) in [5.74, 6) is -0.402. The van der Waals surface area contributed by atoms with Crippen molar-refractivity contribution in [2.45, 2.75) is 297 Å². The third kappa shape index (κ3) is 54.2. The summed E-state index contributed by atoms with van der Waals surface area (Å²) in [5, 5.41) is 0. The molecule has 0 heterocycles. The molecule has 0 aromatic carbocycles. The van der Waals surface area contributed by atoms with Crippen LogP contribution in [0.25, 0.3) is 0 Å². The molecule has 0 saturated heterocycles. The van der Waals surface area contributed by atoms with E-state index in [0.29, 0.717) is 19.4 Å². The van der Waals surface area contributed by atoms with Crippen molar-refractivity contribution in [3.05, 3.63) is 60.8 Å². The summed E-state index contributed by atoms with van der Waals surface area (Å²) in [6, 6.07) is 0. The maximum Gasteiger partial charge on any atom is 0.306 e. The lowest BCUT2D eigenvalue weighted by atomic mass is 10.0. The standard InChI is InChI=1S/C61H110O5/c1-4-7-10-13-16-19-22-25-27-29-31-32-34-37-39-42-45-48-51-54-60(62)65-58-59(66-61(63)55-52-49-46-43-40-36-24-21-18-15-12-9-6-3)57-64-56-53-50-47-44-41-38-35-33-30-28-26-23-20-17-14-11-8-5-2/h7,10,16,19,25-28,31-32,59H,4-6,8-9,11-15,17-18,20-24,29-30,33-58H2,1-3H3/b10-7-,19-16-,27-25-,28-26-,32-31-. The third-order valence-electron chi connectivity index (χ3n) is 12.5. The molecular formula is C61H110O5. The average molecular weight is 924 g/mol. The monoisotopic (exact) mass is 923 g/mol. The van der Waals surface area contributed by atoms with Gasteiger partial charge in [0, 0.05) is 19.4 Å². The van der Waals surface area contributed by atoms with Crippen LogP contribution in [0.3, 0.4) is 0 Å². The molecule has 0 rings (SSSR count). The van der Waals surface area contributed by atoms with Gasteiger partial charge in [-0.1, -0.05) is 255 Å². The number of allylic oxidation sites excluding steroid dienone is 10.